The van der Waals surface area contributed by atoms with Crippen LogP contribution in [0, 0.1) is 11.8 Å². The first-order valence-electron chi connectivity index (χ1n) is 9.22. The fourth-order valence-electron chi connectivity index (χ4n) is 3.47. The van der Waals surface area contributed by atoms with Crippen molar-refractivity contribution in [2.45, 2.75) is 52.4 Å². The van der Waals surface area contributed by atoms with E-state index in [4.69, 9.17) is 0 Å². The van der Waals surface area contributed by atoms with Gasteiger partial charge < -0.3 is 10.6 Å². The van der Waals surface area contributed by atoms with E-state index in [1.807, 2.05) is 0 Å². The zero-order chi connectivity index (χ0) is 20.2. The van der Waals surface area contributed by atoms with Crippen LogP contribution in [0.1, 0.15) is 44.8 Å². The zero-order valence-corrected chi connectivity index (χ0v) is 17.5. The van der Waals surface area contributed by atoms with Crippen LogP contribution in [-0.2, 0) is 12.7 Å². The highest BCUT2D eigenvalue weighted by Crippen LogP contribution is 2.30. The number of aliphatic imine (C=N–C) groups is 1. The molecule has 0 aliphatic carbocycles. The van der Waals surface area contributed by atoms with Crippen LogP contribution in [0.3, 0.4) is 0 Å². The maximum Gasteiger partial charge on any atom is 0.434 e. The molecule has 1 aliphatic rings. The lowest BCUT2D eigenvalue weighted by molar-refractivity contribution is -0.140. The van der Waals surface area contributed by atoms with E-state index in [1.54, 1.807) is 7.05 Å². The van der Waals surface area contributed by atoms with Crippen molar-refractivity contribution in [3.8, 4) is 0 Å². The number of nitrogens with one attached hydrogen (secondary N) is 2. The number of alkyl halides is 3. The van der Waals surface area contributed by atoms with Crippen LogP contribution in [0.15, 0.2) is 10.4 Å². The number of guanidine groups is 1. The number of aromatic nitrogens is 1. The summed E-state index contributed by atoms with van der Waals surface area (Å²) < 4.78 is 37.9. The molecule has 154 valence electrons. The van der Waals surface area contributed by atoms with E-state index in [2.05, 4.69) is 53.2 Å². The maximum atomic E-state index is 12.6. The van der Waals surface area contributed by atoms with Crippen LogP contribution in [0.2, 0.25) is 0 Å². The Balaban J connectivity index is 1.86. The smallest absolute Gasteiger partial charge is 0.355 e. The van der Waals surface area contributed by atoms with Crippen molar-refractivity contribution >= 4 is 17.3 Å². The molecular formula is C18H30F3N5S. The highest BCUT2D eigenvalue weighted by molar-refractivity contribution is 7.09. The fraction of sp³-hybridized carbons (Fsp3) is 0.778. The van der Waals surface area contributed by atoms with Gasteiger partial charge in [-0.1, -0.05) is 13.8 Å². The van der Waals surface area contributed by atoms with Crippen LogP contribution in [0.4, 0.5) is 13.2 Å². The monoisotopic (exact) mass is 405 g/mol. The molecule has 0 spiro atoms. The highest BCUT2D eigenvalue weighted by atomic mass is 32.1. The molecule has 27 heavy (non-hydrogen) atoms. The van der Waals surface area contributed by atoms with Crippen molar-refractivity contribution in [3.63, 3.8) is 0 Å². The normalized spacial score (nSPS) is 22.7. The zero-order valence-electron chi connectivity index (χ0n) is 16.7. The van der Waals surface area contributed by atoms with E-state index >= 15 is 0 Å². The van der Waals surface area contributed by atoms with Crippen LogP contribution in [0.5, 0.6) is 0 Å². The lowest BCUT2D eigenvalue weighted by Crippen LogP contribution is -2.57. The maximum absolute atomic E-state index is 12.6. The summed E-state index contributed by atoms with van der Waals surface area (Å²) in [4.78, 5) is 10.3. The topological polar surface area (TPSA) is 52.6 Å². The Morgan fingerprint density at radius 2 is 1.89 bits per heavy atom. The molecule has 1 aromatic rings. The predicted molar refractivity (Wildman–Crippen MR) is 104 cm³/mol. The number of nitrogens with zero attached hydrogens (tertiary/aromatic N) is 3. The summed E-state index contributed by atoms with van der Waals surface area (Å²) in [7, 11) is 1.65. The Hall–Kier alpha value is -1.35. The van der Waals surface area contributed by atoms with Crippen molar-refractivity contribution < 1.29 is 13.2 Å². The molecule has 2 N–H and O–H groups in total. The average molecular weight is 406 g/mol. The second kappa shape index (κ2) is 8.77. The summed E-state index contributed by atoms with van der Waals surface area (Å²) in [6.45, 7) is 12.0. The largest absolute Gasteiger partial charge is 0.434 e. The van der Waals surface area contributed by atoms with Gasteiger partial charge in [-0.15, -0.1) is 11.3 Å². The molecule has 0 bridgehead atoms. The molecule has 1 aliphatic heterocycles. The first kappa shape index (κ1) is 21.9. The summed E-state index contributed by atoms with van der Waals surface area (Å²) >= 11 is 0.991. The Kier molecular flexibility index (Phi) is 7.13. The van der Waals surface area contributed by atoms with Crippen molar-refractivity contribution in [3.05, 3.63) is 16.1 Å². The third kappa shape index (κ3) is 6.34. The molecule has 2 unspecified atom stereocenters. The fourth-order valence-corrected chi connectivity index (χ4v) is 4.21. The molecule has 0 radical (unpaired) electrons. The Bertz CT molecular complexity index is 631. The van der Waals surface area contributed by atoms with Gasteiger partial charge in [0.2, 0.25) is 0 Å². The van der Waals surface area contributed by atoms with E-state index < -0.39 is 11.9 Å². The van der Waals surface area contributed by atoms with Gasteiger partial charge in [0.15, 0.2) is 11.7 Å². The lowest BCUT2D eigenvalue weighted by atomic mass is 9.88. The molecular weight excluding hydrogens is 375 g/mol. The van der Waals surface area contributed by atoms with Gasteiger partial charge in [-0.3, -0.25) is 9.89 Å². The quantitative estimate of drug-likeness (QED) is 0.581. The molecule has 5 nitrogen and oxygen atoms in total. The van der Waals surface area contributed by atoms with Crippen molar-refractivity contribution in [2.75, 3.05) is 26.7 Å². The molecule has 2 rings (SSSR count). The van der Waals surface area contributed by atoms with Crippen molar-refractivity contribution in [1.82, 2.24) is 20.5 Å². The van der Waals surface area contributed by atoms with E-state index in [0.717, 1.165) is 29.8 Å². The van der Waals surface area contributed by atoms with Crippen molar-refractivity contribution in [1.29, 1.82) is 0 Å². The van der Waals surface area contributed by atoms with Crippen LogP contribution < -0.4 is 10.6 Å². The van der Waals surface area contributed by atoms with Gasteiger partial charge >= 0.3 is 6.18 Å². The molecule has 1 fully saturated rings. The van der Waals surface area contributed by atoms with Gasteiger partial charge in [0, 0.05) is 37.6 Å². The van der Waals surface area contributed by atoms with E-state index in [0.29, 0.717) is 29.3 Å². The standard InChI is InChI=1S/C18H30F3N5S/c1-12-6-13(2)9-26(8-12)17(3,4)11-24-16(22-5)23-7-15-25-14(10-27-15)18(19,20)21/h10,12-13H,6-9,11H2,1-5H3,(H2,22,23,24). The van der Waals surface area contributed by atoms with Crippen LogP contribution in [-0.4, -0.2) is 48.1 Å². The summed E-state index contributed by atoms with van der Waals surface area (Å²) in [6.07, 6.45) is -3.14. The number of hydrogen-bond acceptors (Lipinski definition) is 4. The number of halogens is 3. The second-order valence-electron chi connectivity index (χ2n) is 8.07. The average Bonchev–Trinajstić information content (AvgIpc) is 3.03. The van der Waals surface area contributed by atoms with Gasteiger partial charge in [0.1, 0.15) is 5.01 Å². The van der Waals surface area contributed by atoms with E-state index in [1.165, 1.54) is 6.42 Å². The number of rotatable bonds is 5. The Morgan fingerprint density at radius 1 is 1.26 bits per heavy atom. The van der Waals surface area contributed by atoms with Gasteiger partial charge in [-0.05, 0) is 32.1 Å². The summed E-state index contributed by atoms with van der Waals surface area (Å²) in [5.41, 5.74) is -0.896. The number of likely N-dealkylation sites (tertiary alicyclic amines) is 1. The minimum absolute atomic E-state index is 0.0504. The lowest BCUT2D eigenvalue weighted by Gasteiger charge is -2.45. The number of thiazole rings is 1. The first-order valence-corrected chi connectivity index (χ1v) is 10.1. The van der Waals surface area contributed by atoms with Gasteiger partial charge in [-0.2, -0.15) is 13.2 Å². The highest BCUT2D eigenvalue weighted by Gasteiger charge is 2.34. The summed E-state index contributed by atoms with van der Waals surface area (Å²) in [5, 5.41) is 7.75. The molecule has 9 heteroatoms. The van der Waals surface area contributed by atoms with Crippen LogP contribution in [0.25, 0.3) is 0 Å². The van der Waals surface area contributed by atoms with Crippen molar-refractivity contribution in [2.24, 2.45) is 16.8 Å². The first-order chi connectivity index (χ1) is 12.5. The Labute approximate surface area is 163 Å². The minimum Gasteiger partial charge on any atom is -0.355 e. The predicted octanol–water partition coefficient (Wildman–Crippen LogP) is 3.58. The Morgan fingerprint density at radius 3 is 2.41 bits per heavy atom. The molecule has 0 amide bonds. The SMILES string of the molecule is CN=C(NCc1nc(C(F)(F)F)cs1)NCC(C)(C)N1CC(C)CC(C)C1. The number of piperidine rings is 1. The summed E-state index contributed by atoms with van der Waals surface area (Å²) in [5.74, 6) is 1.92. The van der Waals surface area contributed by atoms with Gasteiger partial charge in [-0.25, -0.2) is 4.98 Å². The molecule has 0 saturated carbocycles. The number of hydrogen-bond donors (Lipinski definition) is 2. The third-order valence-electron chi connectivity index (χ3n) is 4.89. The molecule has 1 saturated heterocycles. The van der Waals surface area contributed by atoms with Gasteiger partial charge in [0.25, 0.3) is 0 Å². The van der Waals surface area contributed by atoms with E-state index in [9.17, 15) is 13.2 Å². The van der Waals surface area contributed by atoms with Crippen LogP contribution >= 0.6 is 11.3 Å². The minimum atomic E-state index is -4.40. The molecule has 2 heterocycles. The molecule has 0 aromatic carbocycles. The molecule has 2 atom stereocenters. The second-order valence-corrected chi connectivity index (χ2v) is 9.01. The third-order valence-corrected chi connectivity index (χ3v) is 5.74. The van der Waals surface area contributed by atoms with Gasteiger partial charge in [0.05, 0.1) is 6.54 Å². The summed E-state index contributed by atoms with van der Waals surface area (Å²) in [6, 6.07) is 0. The van der Waals surface area contributed by atoms with E-state index in [-0.39, 0.29) is 12.1 Å². The molecule has 1 aromatic heterocycles.